The van der Waals surface area contributed by atoms with Gasteiger partial charge in [-0.15, -0.1) is 11.3 Å². The van der Waals surface area contributed by atoms with Gasteiger partial charge in [0.05, 0.1) is 0 Å². The smallest absolute Gasteiger partial charge is 0.0474 e. The number of unbranched alkanes of at least 4 members (excludes halogenated alkanes) is 2. The van der Waals surface area contributed by atoms with Crippen molar-refractivity contribution in [2.45, 2.75) is 38.6 Å². The van der Waals surface area contributed by atoms with Crippen LogP contribution < -0.4 is 11.3 Å². The Morgan fingerprint density at radius 3 is 2.88 bits per heavy atom. The fourth-order valence-electron chi connectivity index (χ4n) is 2.20. The maximum Gasteiger partial charge on any atom is 0.0474 e. The number of fused-ring (bicyclic) bond motifs is 1. The Labute approximate surface area is 107 Å². The van der Waals surface area contributed by atoms with E-state index in [0.717, 1.165) is 6.42 Å². The van der Waals surface area contributed by atoms with Gasteiger partial charge >= 0.3 is 0 Å². The van der Waals surface area contributed by atoms with Gasteiger partial charge in [-0.1, -0.05) is 44.4 Å². The molecule has 0 fully saturated rings. The molecule has 0 aliphatic heterocycles. The largest absolute Gasteiger partial charge is 0.271 e. The van der Waals surface area contributed by atoms with Gasteiger partial charge in [0.15, 0.2) is 0 Å². The molecule has 1 atom stereocenters. The summed E-state index contributed by atoms with van der Waals surface area (Å²) in [7, 11) is 0. The Morgan fingerprint density at radius 1 is 1.29 bits per heavy atom. The summed E-state index contributed by atoms with van der Waals surface area (Å²) in [6.07, 6.45) is 4.88. The fourth-order valence-corrected chi connectivity index (χ4v) is 3.21. The topological polar surface area (TPSA) is 38.0 Å². The molecule has 0 bridgehead atoms. The van der Waals surface area contributed by atoms with Crippen LogP contribution in [0.1, 0.15) is 44.2 Å². The third-order valence-corrected chi connectivity index (χ3v) is 4.17. The summed E-state index contributed by atoms with van der Waals surface area (Å²) >= 11 is 1.80. The lowest BCUT2D eigenvalue weighted by Gasteiger charge is -2.15. The van der Waals surface area contributed by atoms with E-state index in [0.29, 0.717) is 0 Å². The van der Waals surface area contributed by atoms with Gasteiger partial charge in [-0.2, -0.15) is 0 Å². The van der Waals surface area contributed by atoms with Crippen molar-refractivity contribution in [3.8, 4) is 0 Å². The fraction of sp³-hybridized carbons (Fsp3) is 0.429. The first kappa shape index (κ1) is 12.6. The average molecular weight is 248 g/mol. The Kier molecular flexibility index (Phi) is 4.54. The van der Waals surface area contributed by atoms with Crippen LogP contribution in [0.15, 0.2) is 29.6 Å². The van der Waals surface area contributed by atoms with Crippen molar-refractivity contribution in [3.63, 3.8) is 0 Å². The summed E-state index contributed by atoms with van der Waals surface area (Å²) in [5.41, 5.74) is 4.31. The van der Waals surface area contributed by atoms with Gasteiger partial charge in [-0.3, -0.25) is 11.3 Å². The van der Waals surface area contributed by atoms with Gasteiger partial charge in [-0.25, -0.2) is 0 Å². The second-order valence-electron chi connectivity index (χ2n) is 4.40. The number of nitrogens with one attached hydrogen (secondary N) is 1. The van der Waals surface area contributed by atoms with Crippen LogP contribution in [0.4, 0.5) is 0 Å². The molecule has 1 heterocycles. The van der Waals surface area contributed by atoms with Crippen molar-refractivity contribution in [1.29, 1.82) is 0 Å². The van der Waals surface area contributed by atoms with Crippen LogP contribution in [0.3, 0.4) is 0 Å². The summed E-state index contributed by atoms with van der Waals surface area (Å²) in [5, 5.41) is 3.58. The number of rotatable bonds is 6. The number of hydrogen-bond acceptors (Lipinski definition) is 3. The van der Waals surface area contributed by atoms with E-state index in [9.17, 15) is 0 Å². The lowest BCUT2D eigenvalue weighted by Crippen LogP contribution is -2.27. The first-order chi connectivity index (χ1) is 8.36. The highest BCUT2D eigenvalue weighted by atomic mass is 32.1. The highest BCUT2D eigenvalue weighted by Gasteiger charge is 2.13. The number of nitrogens with two attached hydrogens (primary N) is 1. The van der Waals surface area contributed by atoms with E-state index < -0.39 is 0 Å². The molecule has 3 heteroatoms. The SMILES string of the molecule is CCCCCC(NN)c1csc2ccccc12. The summed E-state index contributed by atoms with van der Waals surface area (Å²) in [6, 6.07) is 8.83. The molecule has 2 aromatic rings. The van der Waals surface area contributed by atoms with Crippen molar-refractivity contribution < 1.29 is 0 Å². The lowest BCUT2D eigenvalue weighted by atomic mass is 10.0. The first-order valence-corrected chi connectivity index (χ1v) is 7.17. The molecule has 0 spiro atoms. The summed E-state index contributed by atoms with van der Waals surface area (Å²) in [6.45, 7) is 2.23. The molecule has 1 aromatic heterocycles. The van der Waals surface area contributed by atoms with Crippen LogP contribution in [-0.4, -0.2) is 0 Å². The van der Waals surface area contributed by atoms with Gasteiger partial charge in [-0.05, 0) is 28.8 Å². The highest BCUT2D eigenvalue weighted by Crippen LogP contribution is 2.32. The molecule has 17 heavy (non-hydrogen) atoms. The second-order valence-corrected chi connectivity index (χ2v) is 5.31. The number of hydrogen-bond donors (Lipinski definition) is 2. The van der Waals surface area contributed by atoms with Crippen molar-refractivity contribution in [2.24, 2.45) is 5.84 Å². The van der Waals surface area contributed by atoms with E-state index >= 15 is 0 Å². The van der Waals surface area contributed by atoms with Crippen LogP contribution >= 0.6 is 11.3 Å². The zero-order chi connectivity index (χ0) is 12.1. The van der Waals surface area contributed by atoms with Gasteiger partial charge < -0.3 is 0 Å². The van der Waals surface area contributed by atoms with Crippen LogP contribution in [0, 0.1) is 0 Å². The minimum atomic E-state index is 0.290. The molecule has 0 aliphatic rings. The van der Waals surface area contributed by atoms with E-state index in [2.05, 4.69) is 42.0 Å². The van der Waals surface area contributed by atoms with Crippen molar-refractivity contribution in [2.75, 3.05) is 0 Å². The lowest BCUT2D eigenvalue weighted by molar-refractivity contribution is 0.490. The highest BCUT2D eigenvalue weighted by molar-refractivity contribution is 7.17. The molecular weight excluding hydrogens is 228 g/mol. The molecular formula is C14H20N2S. The predicted octanol–water partition coefficient (Wildman–Crippen LogP) is 3.99. The maximum absolute atomic E-state index is 5.69. The number of hydrazine groups is 1. The Balaban J connectivity index is 2.18. The molecule has 0 saturated heterocycles. The first-order valence-electron chi connectivity index (χ1n) is 6.29. The van der Waals surface area contributed by atoms with Gasteiger partial charge in [0, 0.05) is 10.7 Å². The van der Waals surface area contributed by atoms with Crippen LogP contribution in [0.25, 0.3) is 10.1 Å². The average Bonchev–Trinajstić information content (AvgIpc) is 2.79. The molecule has 3 N–H and O–H groups in total. The molecule has 1 unspecified atom stereocenters. The van der Waals surface area contributed by atoms with Crippen LogP contribution in [-0.2, 0) is 0 Å². The van der Waals surface area contributed by atoms with Gasteiger partial charge in [0.2, 0.25) is 0 Å². The van der Waals surface area contributed by atoms with E-state index in [-0.39, 0.29) is 6.04 Å². The number of thiophene rings is 1. The van der Waals surface area contributed by atoms with Crippen molar-refractivity contribution in [3.05, 3.63) is 35.2 Å². The second kappa shape index (κ2) is 6.15. The minimum Gasteiger partial charge on any atom is -0.271 e. The van der Waals surface area contributed by atoms with Crippen LogP contribution in [0.5, 0.6) is 0 Å². The standard InChI is InChI=1S/C14H20N2S/c1-2-3-4-8-13(16-15)12-10-17-14-9-6-5-7-11(12)14/h5-7,9-10,13,16H,2-4,8,15H2,1H3. The summed E-state index contributed by atoms with van der Waals surface area (Å²) in [4.78, 5) is 0. The normalized spacial score (nSPS) is 13.1. The third-order valence-electron chi connectivity index (χ3n) is 3.18. The van der Waals surface area contributed by atoms with E-state index in [1.807, 2.05) is 0 Å². The number of benzene rings is 1. The summed E-state index contributed by atoms with van der Waals surface area (Å²) < 4.78 is 1.35. The minimum absolute atomic E-state index is 0.290. The quantitative estimate of drug-likeness (QED) is 0.461. The van der Waals surface area contributed by atoms with Crippen molar-refractivity contribution in [1.82, 2.24) is 5.43 Å². The van der Waals surface area contributed by atoms with Crippen molar-refractivity contribution >= 4 is 21.4 Å². The molecule has 0 saturated carbocycles. The molecule has 2 rings (SSSR count). The zero-order valence-electron chi connectivity index (χ0n) is 10.3. The van der Waals surface area contributed by atoms with Gasteiger partial charge in [0.25, 0.3) is 0 Å². The monoisotopic (exact) mass is 248 g/mol. The van der Waals surface area contributed by atoms with E-state index in [1.165, 1.54) is 34.9 Å². The van der Waals surface area contributed by atoms with E-state index in [4.69, 9.17) is 5.84 Å². The molecule has 0 aliphatic carbocycles. The Bertz CT molecular complexity index is 464. The van der Waals surface area contributed by atoms with Gasteiger partial charge in [0.1, 0.15) is 0 Å². The molecule has 1 aromatic carbocycles. The third kappa shape index (κ3) is 2.86. The zero-order valence-corrected chi connectivity index (χ0v) is 11.1. The van der Waals surface area contributed by atoms with Crippen LogP contribution in [0.2, 0.25) is 0 Å². The Morgan fingerprint density at radius 2 is 2.12 bits per heavy atom. The summed E-state index contributed by atoms with van der Waals surface area (Å²) in [5.74, 6) is 5.69. The maximum atomic E-state index is 5.69. The molecule has 2 nitrogen and oxygen atoms in total. The Hall–Kier alpha value is -0.900. The molecule has 92 valence electrons. The molecule has 0 amide bonds. The van der Waals surface area contributed by atoms with E-state index in [1.54, 1.807) is 11.3 Å². The molecule has 0 radical (unpaired) electrons. The predicted molar refractivity (Wildman–Crippen MR) is 76.0 cm³/mol.